The van der Waals surface area contributed by atoms with E-state index in [1.807, 2.05) is 24.3 Å². The van der Waals surface area contributed by atoms with Gasteiger partial charge in [0.25, 0.3) is 0 Å². The summed E-state index contributed by atoms with van der Waals surface area (Å²) in [6.07, 6.45) is 1.57. The number of rotatable bonds is 8. The van der Waals surface area contributed by atoms with Crippen LogP contribution in [0.4, 0.5) is 0 Å². The van der Waals surface area contributed by atoms with Crippen molar-refractivity contribution in [3.8, 4) is 11.5 Å². The minimum atomic E-state index is -0.514. The lowest BCUT2D eigenvalue weighted by Crippen LogP contribution is -2.40. The molecule has 2 saturated heterocycles. The molecule has 2 aliphatic heterocycles. The number of morpholine rings is 1. The van der Waals surface area contributed by atoms with E-state index >= 15 is 0 Å². The summed E-state index contributed by atoms with van der Waals surface area (Å²) in [5.74, 6) is 1.62. The number of β-amino-alcohol motifs (C(OH)–C–C–N with tert-alkyl or cyclic N) is 1. The van der Waals surface area contributed by atoms with Crippen molar-refractivity contribution in [2.24, 2.45) is 0 Å². The molecule has 0 bridgehead atoms. The van der Waals surface area contributed by atoms with Crippen LogP contribution in [-0.4, -0.2) is 78.7 Å². The molecule has 31 heavy (non-hydrogen) atoms. The molecule has 0 spiro atoms. The van der Waals surface area contributed by atoms with Crippen LogP contribution in [0.15, 0.2) is 48.5 Å². The van der Waals surface area contributed by atoms with E-state index in [0.29, 0.717) is 24.8 Å². The summed E-state index contributed by atoms with van der Waals surface area (Å²) in [7, 11) is 0. The largest absolute Gasteiger partial charge is 0.508 e. The highest BCUT2D eigenvalue weighted by Crippen LogP contribution is 2.29. The average molecular weight is 427 g/mol. The second kappa shape index (κ2) is 11.0. The first-order chi connectivity index (χ1) is 15.2. The summed E-state index contributed by atoms with van der Waals surface area (Å²) in [6, 6.07) is 15.8. The molecule has 6 heteroatoms. The molecule has 1 atom stereocenters. The summed E-state index contributed by atoms with van der Waals surface area (Å²) >= 11 is 0. The molecular weight excluding hydrogens is 392 g/mol. The Bertz CT molecular complexity index is 817. The minimum absolute atomic E-state index is 0.299. The maximum Gasteiger partial charge on any atom is 0.119 e. The van der Waals surface area contributed by atoms with E-state index in [9.17, 15) is 10.2 Å². The molecule has 2 fully saturated rings. The van der Waals surface area contributed by atoms with E-state index in [-0.39, 0.29) is 0 Å². The van der Waals surface area contributed by atoms with Crippen LogP contribution in [0.25, 0.3) is 0 Å². The van der Waals surface area contributed by atoms with E-state index in [1.54, 1.807) is 6.07 Å². The Labute approximate surface area is 185 Å². The fourth-order valence-electron chi connectivity index (χ4n) is 4.52. The fraction of sp³-hybridized carbons (Fsp3) is 0.520. The number of phenols is 1. The molecule has 2 aromatic carbocycles. The lowest BCUT2D eigenvalue weighted by Gasteiger charge is -2.33. The third-order valence-electron chi connectivity index (χ3n) is 6.25. The number of piperidine rings is 1. The van der Waals surface area contributed by atoms with Gasteiger partial charge in [-0.1, -0.05) is 24.3 Å². The van der Waals surface area contributed by atoms with Gasteiger partial charge in [0.1, 0.15) is 24.2 Å². The Morgan fingerprint density at radius 2 is 1.74 bits per heavy atom. The van der Waals surface area contributed by atoms with Crippen molar-refractivity contribution >= 4 is 0 Å². The number of hydrogen-bond acceptors (Lipinski definition) is 6. The average Bonchev–Trinajstić information content (AvgIpc) is 2.79. The van der Waals surface area contributed by atoms with Gasteiger partial charge in [-0.25, -0.2) is 0 Å². The van der Waals surface area contributed by atoms with Gasteiger partial charge in [0, 0.05) is 26.2 Å². The van der Waals surface area contributed by atoms with E-state index in [0.717, 1.165) is 64.5 Å². The zero-order valence-electron chi connectivity index (χ0n) is 18.2. The van der Waals surface area contributed by atoms with Crippen molar-refractivity contribution in [2.45, 2.75) is 31.4 Å². The van der Waals surface area contributed by atoms with Gasteiger partial charge in [-0.3, -0.25) is 4.90 Å². The summed E-state index contributed by atoms with van der Waals surface area (Å²) in [4.78, 5) is 4.69. The number of aliphatic hydroxyl groups is 1. The van der Waals surface area contributed by atoms with Crippen LogP contribution in [-0.2, 0) is 11.3 Å². The molecule has 0 saturated carbocycles. The van der Waals surface area contributed by atoms with Crippen LogP contribution in [0.1, 0.15) is 29.9 Å². The topological polar surface area (TPSA) is 65.4 Å². The van der Waals surface area contributed by atoms with Gasteiger partial charge in [-0.15, -0.1) is 0 Å². The molecule has 6 nitrogen and oxygen atoms in total. The van der Waals surface area contributed by atoms with Crippen LogP contribution in [0, 0.1) is 0 Å². The Morgan fingerprint density at radius 1 is 0.968 bits per heavy atom. The maximum absolute atomic E-state index is 10.5. The molecule has 0 aromatic heterocycles. The van der Waals surface area contributed by atoms with Crippen LogP contribution in [0.3, 0.4) is 0 Å². The molecule has 1 unspecified atom stereocenters. The Kier molecular flexibility index (Phi) is 7.81. The first-order valence-corrected chi connectivity index (χ1v) is 11.4. The second-order valence-corrected chi connectivity index (χ2v) is 8.67. The highest BCUT2D eigenvalue weighted by Gasteiger charge is 2.22. The Balaban J connectivity index is 1.19. The monoisotopic (exact) mass is 426 g/mol. The molecule has 0 amide bonds. The van der Waals surface area contributed by atoms with Crippen molar-refractivity contribution < 1.29 is 19.7 Å². The van der Waals surface area contributed by atoms with E-state index < -0.39 is 6.10 Å². The van der Waals surface area contributed by atoms with E-state index in [2.05, 4.69) is 28.0 Å². The Hall–Kier alpha value is -2.12. The van der Waals surface area contributed by atoms with Crippen LogP contribution in [0.5, 0.6) is 11.5 Å². The molecule has 2 heterocycles. The molecular formula is C25H34N2O4. The number of ether oxygens (including phenoxy) is 2. The number of phenolic OH excluding ortho intramolecular Hbond substituents is 1. The van der Waals surface area contributed by atoms with Gasteiger partial charge < -0.3 is 24.6 Å². The Morgan fingerprint density at radius 3 is 2.52 bits per heavy atom. The third kappa shape index (κ3) is 6.68. The van der Waals surface area contributed by atoms with E-state index in [4.69, 9.17) is 9.47 Å². The predicted molar refractivity (Wildman–Crippen MR) is 121 cm³/mol. The molecule has 0 aliphatic carbocycles. The summed E-state index contributed by atoms with van der Waals surface area (Å²) < 4.78 is 11.3. The third-order valence-corrected chi connectivity index (χ3v) is 6.25. The SMILES string of the molecule is Oc1cccc(C2CCN(CC(O)COc3cccc(CN4CCOCC4)c3)CC2)c1. The zero-order chi connectivity index (χ0) is 21.5. The van der Waals surface area contributed by atoms with Gasteiger partial charge in [-0.2, -0.15) is 0 Å². The number of likely N-dealkylation sites (tertiary alicyclic amines) is 1. The number of nitrogens with zero attached hydrogens (tertiary/aromatic N) is 2. The van der Waals surface area contributed by atoms with Crippen molar-refractivity contribution in [3.05, 3.63) is 59.7 Å². The smallest absolute Gasteiger partial charge is 0.119 e. The number of benzene rings is 2. The quantitative estimate of drug-likeness (QED) is 0.677. The molecule has 168 valence electrons. The maximum atomic E-state index is 10.5. The first-order valence-electron chi connectivity index (χ1n) is 11.4. The lowest BCUT2D eigenvalue weighted by atomic mass is 9.89. The predicted octanol–water partition coefficient (Wildman–Crippen LogP) is 2.84. The van der Waals surface area contributed by atoms with E-state index in [1.165, 1.54) is 11.1 Å². The van der Waals surface area contributed by atoms with Crippen LogP contribution < -0.4 is 4.74 Å². The van der Waals surface area contributed by atoms with Crippen molar-refractivity contribution in [1.82, 2.24) is 9.80 Å². The van der Waals surface area contributed by atoms with Gasteiger partial charge >= 0.3 is 0 Å². The van der Waals surface area contributed by atoms with Gasteiger partial charge in [-0.05, 0) is 67.2 Å². The molecule has 2 aromatic rings. The summed E-state index contributed by atoms with van der Waals surface area (Å²) in [5.41, 5.74) is 2.43. The van der Waals surface area contributed by atoms with Gasteiger partial charge in [0.15, 0.2) is 0 Å². The van der Waals surface area contributed by atoms with Gasteiger partial charge in [0.05, 0.1) is 13.2 Å². The van der Waals surface area contributed by atoms with Crippen molar-refractivity contribution in [3.63, 3.8) is 0 Å². The second-order valence-electron chi connectivity index (χ2n) is 8.67. The summed E-state index contributed by atoms with van der Waals surface area (Å²) in [5, 5.41) is 20.2. The van der Waals surface area contributed by atoms with Crippen LogP contribution >= 0.6 is 0 Å². The zero-order valence-corrected chi connectivity index (χ0v) is 18.2. The standard InChI is InChI=1S/C25H34N2O4/c28-23-5-2-4-22(16-23)21-7-9-26(10-8-21)18-24(29)19-31-25-6-1-3-20(15-25)17-27-11-13-30-14-12-27/h1-6,15-16,21,24,28-29H,7-14,17-19H2. The lowest BCUT2D eigenvalue weighted by molar-refractivity contribution is 0.0341. The van der Waals surface area contributed by atoms with Crippen molar-refractivity contribution in [1.29, 1.82) is 0 Å². The van der Waals surface area contributed by atoms with Crippen LogP contribution in [0.2, 0.25) is 0 Å². The minimum Gasteiger partial charge on any atom is -0.508 e. The number of aromatic hydroxyl groups is 1. The van der Waals surface area contributed by atoms with Gasteiger partial charge in [0.2, 0.25) is 0 Å². The molecule has 2 aliphatic rings. The molecule has 4 rings (SSSR count). The molecule has 2 N–H and O–H groups in total. The normalized spacial score (nSPS) is 19.9. The fourth-order valence-corrected chi connectivity index (χ4v) is 4.52. The summed E-state index contributed by atoms with van der Waals surface area (Å²) in [6.45, 7) is 7.25. The number of aliphatic hydroxyl groups excluding tert-OH is 1. The first kappa shape index (κ1) is 22.1. The molecule has 0 radical (unpaired) electrons. The van der Waals surface area contributed by atoms with Crippen molar-refractivity contribution in [2.75, 3.05) is 52.5 Å². The number of hydrogen-bond donors (Lipinski definition) is 2. The highest BCUT2D eigenvalue weighted by atomic mass is 16.5. The highest BCUT2D eigenvalue weighted by molar-refractivity contribution is 5.30.